The standard InChI is InChI=1S/C15H17NO4.C10H16O6S.C10H16O5.C9H10O4S.C8H14O5.C8H14O4S/c1-16-9-11(12-5-3-4-6-13(12)16)7-10(15(18)19)8-14(17)20-2;1-16-9(11)6-8(10(12)13)7-2-4-17(14,15)5-3-7;1-14-9(11)6-8(10(12)13)7-2-4-15-5-3-7;1-13-8(10)4-7(9(11)12)6-2-3-14-5-6;1-5(12-2)6(8(10)11)4-7(9)13-3;1-12-7(9)5-6(8(10)11)3-4-13-2/h3-6,9-10H,7-8H2,1-2H3,(H,18,19);7-8H,2-6H2,1H3,(H,12,13);7-8H,2-6H2,1H3,(H,12,13);2-3,5,7H,4H2,1H3,(H,11,12);5-6H,4H2,1-3H3,(H,10,11);6H,3-5H2,1-2H3,(H,10,11)/t10-;2*8-;;5-,6+;6-/m011.11/s1. The summed E-state index contributed by atoms with van der Waals surface area (Å²) in [5.41, 5.74) is 2.62. The monoisotopic (exact) mass is 1370 g/mol. The number of carbonyl (C=O) groups is 12. The lowest BCUT2D eigenvalue weighted by molar-refractivity contribution is -0.154. The van der Waals surface area contributed by atoms with Crippen LogP contribution < -0.4 is 0 Å². The normalized spacial score (nSPS) is 15.5. The lowest BCUT2D eigenvalue weighted by Crippen LogP contribution is -2.33. The highest BCUT2D eigenvalue weighted by atomic mass is 32.2. The van der Waals surface area contributed by atoms with Gasteiger partial charge in [0, 0.05) is 44.5 Å². The molecule has 92 heavy (non-hydrogen) atoms. The van der Waals surface area contributed by atoms with Crippen LogP contribution in [0.5, 0.6) is 0 Å². The Bertz CT molecular complexity index is 2920. The third-order valence-electron chi connectivity index (χ3n) is 14.7. The highest BCUT2D eigenvalue weighted by Crippen LogP contribution is 2.30. The number of thioether (sulfide) groups is 1. The molecule has 32 heteroatoms. The Hall–Kier alpha value is -7.68. The largest absolute Gasteiger partial charge is 0.481 e. The first kappa shape index (κ1) is 84.3. The van der Waals surface area contributed by atoms with E-state index in [2.05, 4.69) is 28.4 Å². The van der Waals surface area contributed by atoms with Crippen molar-refractivity contribution in [3.63, 3.8) is 0 Å². The van der Waals surface area contributed by atoms with Crippen molar-refractivity contribution >= 4 is 115 Å². The molecule has 29 nitrogen and oxygen atoms in total. The van der Waals surface area contributed by atoms with E-state index in [1.165, 1.54) is 61.1 Å². The van der Waals surface area contributed by atoms with E-state index in [1.807, 2.05) is 48.3 Å². The van der Waals surface area contributed by atoms with Gasteiger partial charge in [0.05, 0.1) is 134 Å². The molecule has 3 aromatic rings. The number of hydrogen-bond donors (Lipinski definition) is 6. The summed E-state index contributed by atoms with van der Waals surface area (Å²) in [6.45, 7) is 2.76. The number of rotatable bonds is 28. The Labute approximate surface area is 541 Å². The van der Waals surface area contributed by atoms with Crippen molar-refractivity contribution in [3.8, 4) is 0 Å². The van der Waals surface area contributed by atoms with Crippen LogP contribution >= 0.6 is 23.1 Å². The number of carboxylic acids is 6. The summed E-state index contributed by atoms with van der Waals surface area (Å²) >= 11 is 2.97. The molecular weight excluding hydrogens is 1280 g/mol. The van der Waals surface area contributed by atoms with Crippen molar-refractivity contribution in [2.75, 3.05) is 86.5 Å². The van der Waals surface area contributed by atoms with Crippen molar-refractivity contribution < 1.29 is 134 Å². The second-order valence-electron chi connectivity index (χ2n) is 20.7. The molecule has 0 aliphatic carbocycles. The molecule has 2 aliphatic rings. The number of fused-ring (bicyclic) bond motifs is 1. The number of sulfone groups is 1. The van der Waals surface area contributed by atoms with Crippen molar-refractivity contribution in [1.82, 2.24) is 4.57 Å². The Morgan fingerprint density at radius 3 is 1.45 bits per heavy atom. The molecule has 6 N–H and O–H groups in total. The van der Waals surface area contributed by atoms with E-state index >= 15 is 0 Å². The van der Waals surface area contributed by atoms with Crippen LogP contribution in [-0.2, 0) is 119 Å². The van der Waals surface area contributed by atoms with Crippen molar-refractivity contribution in [2.45, 2.75) is 96.0 Å². The molecule has 1 unspecified atom stereocenters. The first-order valence-corrected chi connectivity index (χ1v) is 32.6. The van der Waals surface area contributed by atoms with Gasteiger partial charge in [0.25, 0.3) is 0 Å². The number of benzene rings is 1. The molecule has 2 saturated heterocycles. The van der Waals surface area contributed by atoms with Gasteiger partial charge in [0.2, 0.25) is 0 Å². The molecule has 2 fully saturated rings. The third-order valence-corrected chi connectivity index (χ3v) is 17.7. The number of para-hydroxylation sites is 1. The highest BCUT2D eigenvalue weighted by molar-refractivity contribution is 7.98. The van der Waals surface area contributed by atoms with Gasteiger partial charge in [0.15, 0.2) is 0 Å². The van der Waals surface area contributed by atoms with Crippen LogP contribution in [0.4, 0.5) is 0 Å². The predicted molar refractivity (Wildman–Crippen MR) is 331 cm³/mol. The molecule has 0 saturated carbocycles. The van der Waals surface area contributed by atoms with Crippen molar-refractivity contribution in [1.29, 1.82) is 0 Å². The zero-order valence-electron chi connectivity index (χ0n) is 53.2. The van der Waals surface area contributed by atoms with Gasteiger partial charge in [-0.1, -0.05) is 18.2 Å². The average molecular weight is 1370 g/mol. The molecule has 2 aliphatic heterocycles. The quantitative estimate of drug-likeness (QED) is 0.0386. The summed E-state index contributed by atoms with van der Waals surface area (Å²) in [5.74, 6) is -13.0. The minimum Gasteiger partial charge on any atom is -0.481 e. The van der Waals surface area contributed by atoms with E-state index in [-0.39, 0.29) is 61.9 Å². The number of thiophene rings is 1. The molecule has 518 valence electrons. The molecular formula is C60H87NO28S3. The van der Waals surface area contributed by atoms with Crippen LogP contribution in [0.1, 0.15) is 94.6 Å². The van der Waals surface area contributed by atoms with Crippen LogP contribution in [0.2, 0.25) is 0 Å². The molecule has 1 aromatic carbocycles. The molecule has 0 bridgehead atoms. The van der Waals surface area contributed by atoms with Gasteiger partial charge in [0.1, 0.15) is 9.84 Å². The van der Waals surface area contributed by atoms with Crippen molar-refractivity contribution in [2.24, 2.45) is 48.5 Å². The van der Waals surface area contributed by atoms with Crippen LogP contribution in [0.15, 0.2) is 47.3 Å². The second-order valence-corrected chi connectivity index (χ2v) is 24.8. The van der Waals surface area contributed by atoms with Gasteiger partial charge in [-0.25, -0.2) is 8.42 Å². The van der Waals surface area contributed by atoms with Gasteiger partial charge in [-0.3, -0.25) is 57.5 Å². The Morgan fingerprint density at radius 1 is 0.587 bits per heavy atom. The number of hydrogen-bond acceptors (Lipinski definition) is 24. The highest BCUT2D eigenvalue weighted by Gasteiger charge is 2.36. The van der Waals surface area contributed by atoms with E-state index in [1.54, 1.807) is 35.5 Å². The number of nitrogens with zero attached hydrogens (tertiary/aromatic N) is 1. The number of esters is 6. The molecule has 0 amide bonds. The van der Waals surface area contributed by atoms with Gasteiger partial charge in [-0.05, 0) is 103 Å². The van der Waals surface area contributed by atoms with E-state index in [9.17, 15) is 71.1 Å². The summed E-state index contributed by atoms with van der Waals surface area (Å²) < 4.78 is 61.1. The lowest BCUT2D eigenvalue weighted by atomic mass is 9.84. The fraction of sp³-hybridized carbons (Fsp3) is 0.600. The lowest BCUT2D eigenvalue weighted by Gasteiger charge is -2.26. The molecule has 5 rings (SSSR count). The number of ether oxygens (including phenoxy) is 8. The topological polar surface area (TPSA) is 439 Å². The minimum absolute atomic E-state index is 0.00260. The smallest absolute Gasteiger partial charge is 0.311 e. The van der Waals surface area contributed by atoms with E-state index in [0.717, 1.165) is 22.2 Å². The Morgan fingerprint density at radius 2 is 1.03 bits per heavy atom. The summed E-state index contributed by atoms with van der Waals surface area (Å²) in [7, 11) is 7.76. The number of aromatic nitrogens is 1. The zero-order valence-corrected chi connectivity index (χ0v) is 55.6. The number of carboxylic acid groups (broad SMARTS) is 6. The summed E-state index contributed by atoms with van der Waals surface area (Å²) in [5, 5.41) is 58.2. The molecule has 2 aromatic heterocycles. The zero-order chi connectivity index (χ0) is 70.3. The van der Waals surface area contributed by atoms with E-state index in [4.69, 9.17) is 35.0 Å². The van der Waals surface area contributed by atoms with Gasteiger partial charge in [-0.2, -0.15) is 23.1 Å². The molecule has 0 radical (unpaired) electrons. The third kappa shape index (κ3) is 33.1. The van der Waals surface area contributed by atoms with E-state index in [0.29, 0.717) is 57.3 Å². The fourth-order valence-electron chi connectivity index (χ4n) is 9.06. The number of carbonyl (C=O) groups excluding carboxylic acids is 6. The van der Waals surface area contributed by atoms with Crippen LogP contribution in [0, 0.1) is 41.4 Å². The molecule has 0 spiro atoms. The Kier molecular flexibility index (Phi) is 41.8. The van der Waals surface area contributed by atoms with Crippen molar-refractivity contribution in [3.05, 3.63) is 58.4 Å². The SMILES string of the molecule is COC(=O)CC(C(=O)O)c1ccsc1.COC(=O)C[C@@H](C(=O)O)C1CCOCC1.COC(=O)C[C@@H](C(=O)O)C1CCS(=O)(=O)CC1.COC(=O)C[C@@H](CCSC)C(=O)O.COC(=O)C[C@H](C(=O)O)[C@@H](C)OC.COC(=O)C[C@H](Cc1cn(C)c2ccccc12)C(=O)O. The van der Waals surface area contributed by atoms with Gasteiger partial charge >= 0.3 is 71.6 Å². The summed E-state index contributed by atoms with van der Waals surface area (Å²) in [6, 6.07) is 9.50. The number of methoxy groups -OCH3 is 7. The maximum Gasteiger partial charge on any atom is 0.311 e. The number of aryl methyl sites for hydroxylation is 1. The van der Waals surface area contributed by atoms with Crippen LogP contribution in [-0.4, -0.2) is 208 Å². The Balaban J connectivity index is 0.00000109. The summed E-state index contributed by atoms with van der Waals surface area (Å²) in [6.07, 6.45) is 5.45. The minimum atomic E-state index is -3.02. The average Bonchev–Trinajstić information content (AvgIpc) is 1.65. The second kappa shape index (κ2) is 45.6. The number of aliphatic carboxylic acids is 6. The first-order valence-electron chi connectivity index (χ1n) is 28.4. The maximum atomic E-state index is 11.3. The molecule has 7 atom stereocenters. The summed E-state index contributed by atoms with van der Waals surface area (Å²) in [4.78, 5) is 131. The van der Waals surface area contributed by atoms with Gasteiger partial charge < -0.3 is 73.1 Å². The molecule has 4 heterocycles. The van der Waals surface area contributed by atoms with Gasteiger partial charge in [-0.15, -0.1) is 0 Å². The first-order chi connectivity index (χ1) is 43.3. The predicted octanol–water partition coefficient (Wildman–Crippen LogP) is 5.50. The fourth-order valence-corrected chi connectivity index (χ4v) is 11.8. The van der Waals surface area contributed by atoms with E-state index < -0.39 is 123 Å². The maximum absolute atomic E-state index is 11.3. The van der Waals surface area contributed by atoms with Crippen LogP contribution in [0.25, 0.3) is 10.9 Å². The van der Waals surface area contributed by atoms with Crippen LogP contribution in [0.3, 0.4) is 0 Å².